The number of aryl methyl sites for hydroxylation is 1. The van der Waals surface area contributed by atoms with Crippen LogP contribution >= 0.6 is 0 Å². The molecular formula is C23H20N2O3. The lowest BCUT2D eigenvalue weighted by atomic mass is 10.1. The number of phenols is 1. The Kier molecular flexibility index (Phi) is 6.27. The van der Waals surface area contributed by atoms with E-state index < -0.39 is 5.91 Å². The molecule has 140 valence electrons. The van der Waals surface area contributed by atoms with Gasteiger partial charge in [0.25, 0.3) is 5.91 Å². The van der Waals surface area contributed by atoms with Crippen LogP contribution in [0.4, 0.5) is 5.69 Å². The monoisotopic (exact) mass is 372 g/mol. The maximum absolute atomic E-state index is 12.3. The lowest BCUT2D eigenvalue weighted by Crippen LogP contribution is -2.12. The number of anilines is 1. The van der Waals surface area contributed by atoms with Crippen LogP contribution in [0.25, 0.3) is 0 Å². The molecule has 3 rings (SSSR count). The second-order valence-corrected chi connectivity index (χ2v) is 6.26. The molecule has 0 atom stereocenters. The first-order chi connectivity index (χ1) is 13.7. The molecular weight excluding hydrogens is 352 g/mol. The maximum Gasteiger partial charge on any atom is 0.259 e. The van der Waals surface area contributed by atoms with Gasteiger partial charge in [-0.1, -0.05) is 30.3 Å². The summed E-state index contributed by atoms with van der Waals surface area (Å²) in [6.45, 7) is 0.607. The molecule has 0 saturated heterocycles. The summed E-state index contributed by atoms with van der Waals surface area (Å²) < 4.78 is 5.73. The predicted molar refractivity (Wildman–Crippen MR) is 107 cm³/mol. The van der Waals surface area contributed by atoms with Crippen molar-refractivity contribution in [3.05, 3.63) is 89.5 Å². The zero-order valence-corrected chi connectivity index (χ0v) is 15.3. The number of aromatic hydroxyl groups is 1. The van der Waals surface area contributed by atoms with E-state index in [9.17, 15) is 9.90 Å². The molecule has 5 heteroatoms. The first-order valence-corrected chi connectivity index (χ1v) is 8.97. The molecule has 0 saturated carbocycles. The van der Waals surface area contributed by atoms with Gasteiger partial charge in [0.15, 0.2) is 0 Å². The van der Waals surface area contributed by atoms with Gasteiger partial charge in [-0.05, 0) is 60.9 Å². The van der Waals surface area contributed by atoms with Crippen molar-refractivity contribution < 1.29 is 14.6 Å². The minimum atomic E-state index is -0.480. The third kappa shape index (κ3) is 5.12. The van der Waals surface area contributed by atoms with Crippen molar-refractivity contribution in [1.29, 1.82) is 5.26 Å². The Labute approximate surface area is 163 Å². The maximum atomic E-state index is 12.3. The smallest absolute Gasteiger partial charge is 0.259 e. The highest BCUT2D eigenvalue weighted by Crippen LogP contribution is 2.21. The first kappa shape index (κ1) is 19.0. The summed E-state index contributed by atoms with van der Waals surface area (Å²) in [5, 5.41) is 21.5. The number of carbonyl (C=O) groups excluding carboxylic acids is 1. The van der Waals surface area contributed by atoms with E-state index in [1.807, 2.05) is 24.3 Å². The molecule has 2 N–H and O–H groups in total. The van der Waals surface area contributed by atoms with E-state index in [0.717, 1.165) is 18.6 Å². The number of rotatable bonds is 7. The number of hydrogen-bond donors (Lipinski definition) is 2. The van der Waals surface area contributed by atoms with Gasteiger partial charge in [-0.15, -0.1) is 0 Å². The number of nitrogens with one attached hydrogen (secondary N) is 1. The average Bonchev–Trinajstić information content (AvgIpc) is 2.73. The van der Waals surface area contributed by atoms with E-state index >= 15 is 0 Å². The van der Waals surface area contributed by atoms with Crippen LogP contribution in [0.15, 0.2) is 72.8 Å². The summed E-state index contributed by atoms with van der Waals surface area (Å²) in [7, 11) is 0. The number of ether oxygens (including phenoxy) is 1. The van der Waals surface area contributed by atoms with Crippen molar-refractivity contribution in [1.82, 2.24) is 0 Å². The topological polar surface area (TPSA) is 82.3 Å². The summed E-state index contributed by atoms with van der Waals surface area (Å²) in [6, 6.07) is 23.4. The standard InChI is InChI=1S/C23H20N2O3/c24-16-18-8-13-22(26)21(15-18)23(27)25-19-9-11-20(12-10-19)28-14-4-7-17-5-2-1-3-6-17/h1-3,5-6,8-13,15,26H,4,7,14H2,(H,25,27). The number of nitrogens with zero attached hydrogens (tertiary/aromatic N) is 1. The number of amides is 1. The van der Waals surface area contributed by atoms with Crippen molar-refractivity contribution >= 4 is 11.6 Å². The second-order valence-electron chi connectivity index (χ2n) is 6.26. The van der Waals surface area contributed by atoms with Crippen molar-refractivity contribution in [2.24, 2.45) is 0 Å². The molecule has 1 amide bonds. The molecule has 0 heterocycles. The molecule has 28 heavy (non-hydrogen) atoms. The molecule has 0 unspecified atom stereocenters. The van der Waals surface area contributed by atoms with Gasteiger partial charge in [-0.2, -0.15) is 5.26 Å². The van der Waals surface area contributed by atoms with Crippen LogP contribution in [0, 0.1) is 11.3 Å². The number of phenolic OH excluding ortho intramolecular Hbond substituents is 1. The van der Waals surface area contributed by atoms with Crippen molar-refractivity contribution in [3.8, 4) is 17.6 Å². The zero-order chi connectivity index (χ0) is 19.8. The minimum absolute atomic E-state index is 0.0558. The Bertz CT molecular complexity index is 977. The Hall–Kier alpha value is -3.78. The second kappa shape index (κ2) is 9.24. The molecule has 0 aliphatic carbocycles. The number of nitriles is 1. The fraction of sp³-hybridized carbons (Fsp3) is 0.130. The van der Waals surface area contributed by atoms with E-state index in [4.69, 9.17) is 10.00 Å². The fourth-order valence-electron chi connectivity index (χ4n) is 2.73. The molecule has 0 aliphatic rings. The molecule has 0 fully saturated rings. The quantitative estimate of drug-likeness (QED) is 0.597. The number of hydrogen-bond acceptors (Lipinski definition) is 4. The van der Waals surface area contributed by atoms with E-state index in [1.54, 1.807) is 24.3 Å². The van der Waals surface area contributed by atoms with Crippen LogP contribution in [0.3, 0.4) is 0 Å². The highest BCUT2D eigenvalue weighted by Gasteiger charge is 2.12. The fourth-order valence-corrected chi connectivity index (χ4v) is 2.73. The molecule has 5 nitrogen and oxygen atoms in total. The van der Waals surface area contributed by atoms with Gasteiger partial charge in [0.2, 0.25) is 0 Å². The van der Waals surface area contributed by atoms with Crippen LogP contribution in [-0.2, 0) is 6.42 Å². The average molecular weight is 372 g/mol. The van der Waals surface area contributed by atoms with Gasteiger partial charge < -0.3 is 15.2 Å². The molecule has 0 spiro atoms. The van der Waals surface area contributed by atoms with Crippen LogP contribution in [0.2, 0.25) is 0 Å². The molecule has 0 aliphatic heterocycles. The molecule has 0 aromatic heterocycles. The summed E-state index contributed by atoms with van der Waals surface area (Å²) in [4.78, 5) is 12.3. The Morgan fingerprint density at radius 3 is 2.50 bits per heavy atom. The van der Waals surface area contributed by atoms with Gasteiger partial charge in [-0.3, -0.25) is 4.79 Å². The van der Waals surface area contributed by atoms with Gasteiger partial charge in [-0.25, -0.2) is 0 Å². The molecule has 3 aromatic carbocycles. The van der Waals surface area contributed by atoms with E-state index in [1.165, 1.54) is 23.8 Å². The predicted octanol–water partition coefficient (Wildman–Crippen LogP) is 4.53. The van der Waals surface area contributed by atoms with Gasteiger partial charge >= 0.3 is 0 Å². The third-order valence-corrected chi connectivity index (χ3v) is 4.20. The van der Waals surface area contributed by atoms with Crippen LogP contribution in [0.1, 0.15) is 27.9 Å². The minimum Gasteiger partial charge on any atom is -0.507 e. The Morgan fingerprint density at radius 2 is 1.79 bits per heavy atom. The van der Waals surface area contributed by atoms with Crippen molar-refractivity contribution in [3.63, 3.8) is 0 Å². The highest BCUT2D eigenvalue weighted by molar-refractivity contribution is 6.06. The van der Waals surface area contributed by atoms with Crippen molar-refractivity contribution in [2.45, 2.75) is 12.8 Å². The Morgan fingerprint density at radius 1 is 1.04 bits per heavy atom. The molecule has 0 radical (unpaired) electrons. The van der Waals surface area contributed by atoms with Crippen molar-refractivity contribution in [2.75, 3.05) is 11.9 Å². The highest BCUT2D eigenvalue weighted by atomic mass is 16.5. The first-order valence-electron chi connectivity index (χ1n) is 8.97. The van der Waals surface area contributed by atoms with Crippen LogP contribution in [0.5, 0.6) is 11.5 Å². The van der Waals surface area contributed by atoms with Gasteiger partial charge in [0.1, 0.15) is 11.5 Å². The van der Waals surface area contributed by atoms with E-state index in [2.05, 4.69) is 17.4 Å². The number of benzene rings is 3. The normalized spacial score (nSPS) is 10.1. The Balaban J connectivity index is 1.51. The zero-order valence-electron chi connectivity index (χ0n) is 15.3. The summed E-state index contributed by atoms with van der Waals surface area (Å²) in [5.41, 5.74) is 2.22. The van der Waals surface area contributed by atoms with E-state index in [0.29, 0.717) is 17.9 Å². The summed E-state index contributed by atoms with van der Waals surface area (Å²) in [5.74, 6) is 0.0707. The van der Waals surface area contributed by atoms with E-state index in [-0.39, 0.29) is 11.3 Å². The number of carbonyl (C=O) groups is 1. The molecule has 0 bridgehead atoms. The lowest BCUT2D eigenvalue weighted by Gasteiger charge is -2.09. The molecule has 3 aromatic rings. The SMILES string of the molecule is N#Cc1ccc(O)c(C(=O)Nc2ccc(OCCCc3ccccc3)cc2)c1. The van der Waals surface area contributed by atoms with Gasteiger partial charge in [0, 0.05) is 5.69 Å². The van der Waals surface area contributed by atoms with Gasteiger partial charge in [0.05, 0.1) is 23.8 Å². The largest absolute Gasteiger partial charge is 0.507 e. The summed E-state index contributed by atoms with van der Waals surface area (Å²) >= 11 is 0. The lowest BCUT2D eigenvalue weighted by molar-refractivity contribution is 0.102. The third-order valence-electron chi connectivity index (χ3n) is 4.20. The van der Waals surface area contributed by atoms with Crippen LogP contribution in [-0.4, -0.2) is 17.6 Å². The van der Waals surface area contributed by atoms with Crippen LogP contribution < -0.4 is 10.1 Å². The summed E-state index contributed by atoms with van der Waals surface area (Å²) in [6.07, 6.45) is 1.87.